The lowest BCUT2D eigenvalue weighted by molar-refractivity contribution is -0.104. The molecule has 0 spiro atoms. The van der Waals surface area contributed by atoms with Crippen LogP contribution in [-0.2, 0) is 16.8 Å². The van der Waals surface area contributed by atoms with E-state index in [1.54, 1.807) is 12.2 Å². The van der Waals surface area contributed by atoms with E-state index < -0.39 is 5.54 Å². The van der Waals surface area contributed by atoms with Crippen LogP contribution in [0, 0.1) is 19.8 Å². The van der Waals surface area contributed by atoms with Gasteiger partial charge in [-0.3, -0.25) is 9.79 Å². The highest BCUT2D eigenvalue weighted by atomic mass is 16.2. The van der Waals surface area contributed by atoms with Gasteiger partial charge in [0.2, 0.25) is 0 Å². The van der Waals surface area contributed by atoms with Gasteiger partial charge in [0.25, 0.3) is 0 Å². The van der Waals surface area contributed by atoms with Crippen LogP contribution in [0.3, 0.4) is 0 Å². The van der Waals surface area contributed by atoms with E-state index in [2.05, 4.69) is 82.4 Å². The lowest BCUT2D eigenvalue weighted by Crippen LogP contribution is -2.42. The van der Waals surface area contributed by atoms with Crippen LogP contribution in [0.15, 0.2) is 95.2 Å². The summed E-state index contributed by atoms with van der Waals surface area (Å²) in [4.78, 5) is 16.6. The second kappa shape index (κ2) is 14.0. The Morgan fingerprint density at radius 1 is 1.13 bits per heavy atom. The Morgan fingerprint density at radius 3 is 2.51 bits per heavy atom. The van der Waals surface area contributed by atoms with Gasteiger partial charge in [0.15, 0.2) is 0 Å². The summed E-state index contributed by atoms with van der Waals surface area (Å²) in [5, 5.41) is 12.8. The number of carbonyl (C=O) groups excluding carboxylic acids is 1. The fourth-order valence-corrected chi connectivity index (χ4v) is 5.08. The quantitative estimate of drug-likeness (QED) is 0.162. The number of nitrogens with zero attached hydrogens (tertiary/aromatic N) is 1. The molecule has 2 N–H and O–H groups in total. The summed E-state index contributed by atoms with van der Waals surface area (Å²) in [5.41, 5.74) is 9.03. The fraction of sp³-hybridized carbons (Fsp3) is 0.314. The van der Waals surface area contributed by atoms with Crippen molar-refractivity contribution in [2.75, 3.05) is 13.7 Å². The van der Waals surface area contributed by atoms with Crippen LogP contribution < -0.4 is 5.32 Å². The molecule has 2 aromatic rings. The summed E-state index contributed by atoms with van der Waals surface area (Å²) in [6, 6.07) is 13.2. The van der Waals surface area contributed by atoms with Crippen LogP contribution in [0.1, 0.15) is 60.6 Å². The first kappa shape index (κ1) is 29.9. The summed E-state index contributed by atoms with van der Waals surface area (Å²) >= 11 is 0. The zero-order valence-corrected chi connectivity index (χ0v) is 24.2. The summed E-state index contributed by atoms with van der Waals surface area (Å²) in [5.74, 6) is 0.407. The molecule has 2 atom stereocenters. The maximum absolute atomic E-state index is 11.9. The molecule has 1 aliphatic rings. The topological polar surface area (TPSA) is 61.7 Å². The van der Waals surface area contributed by atoms with E-state index in [-0.39, 0.29) is 6.61 Å². The Balaban J connectivity index is 2.39. The van der Waals surface area contributed by atoms with Crippen LogP contribution in [0.2, 0.25) is 0 Å². The molecule has 0 saturated carbocycles. The summed E-state index contributed by atoms with van der Waals surface area (Å²) in [7, 11) is 2.00. The summed E-state index contributed by atoms with van der Waals surface area (Å²) in [6.45, 7) is 10.7. The van der Waals surface area contributed by atoms with Crippen LogP contribution in [-0.4, -0.2) is 31.3 Å². The molecule has 4 bridgehead atoms. The summed E-state index contributed by atoms with van der Waals surface area (Å²) in [6.07, 6.45) is 17.9. The van der Waals surface area contributed by atoms with E-state index in [0.29, 0.717) is 12.3 Å². The average molecular weight is 523 g/mol. The molecule has 1 unspecified atom stereocenters. The number of aryl methyl sites for hydroxylation is 2. The van der Waals surface area contributed by atoms with Gasteiger partial charge in [-0.2, -0.15) is 0 Å². The summed E-state index contributed by atoms with van der Waals surface area (Å²) < 4.78 is 0. The first-order chi connectivity index (χ1) is 18.8. The molecule has 204 valence electrons. The maximum atomic E-state index is 11.9. The molecule has 2 aromatic carbocycles. The zero-order valence-electron chi connectivity index (χ0n) is 24.2. The second-order valence-corrected chi connectivity index (χ2v) is 10.2. The first-order valence-electron chi connectivity index (χ1n) is 13.7. The van der Waals surface area contributed by atoms with Crippen molar-refractivity contribution in [3.05, 3.63) is 124 Å². The number of rotatable bonds is 9. The Morgan fingerprint density at radius 2 is 1.85 bits per heavy atom. The number of nitrogens with one attached hydrogen (secondary N) is 1. The van der Waals surface area contributed by atoms with Crippen molar-refractivity contribution >= 4 is 18.1 Å². The van der Waals surface area contributed by atoms with Gasteiger partial charge in [-0.1, -0.05) is 74.6 Å². The average Bonchev–Trinajstić information content (AvgIpc) is 2.95. The zero-order chi connectivity index (χ0) is 28.4. The number of hydrogen-bond acceptors (Lipinski definition) is 4. The van der Waals surface area contributed by atoms with Gasteiger partial charge in [0.05, 0.1) is 12.1 Å². The van der Waals surface area contributed by atoms with E-state index >= 15 is 0 Å². The Hall–Kier alpha value is -3.60. The molecule has 0 heterocycles. The number of benzene rings is 2. The van der Waals surface area contributed by atoms with Gasteiger partial charge in [-0.05, 0) is 109 Å². The van der Waals surface area contributed by atoms with Crippen molar-refractivity contribution in [3.63, 3.8) is 0 Å². The minimum absolute atomic E-state index is 0.0199. The highest BCUT2D eigenvalue weighted by molar-refractivity contribution is 5.92. The third-order valence-corrected chi connectivity index (χ3v) is 7.68. The number of aliphatic hydroxyl groups excluding tert-OH is 1. The van der Waals surface area contributed by atoms with E-state index in [0.717, 1.165) is 51.7 Å². The van der Waals surface area contributed by atoms with Crippen LogP contribution in [0.25, 0.3) is 5.57 Å². The Kier molecular flexibility index (Phi) is 10.7. The van der Waals surface area contributed by atoms with Crippen molar-refractivity contribution in [2.45, 2.75) is 53.0 Å². The van der Waals surface area contributed by atoms with Gasteiger partial charge < -0.3 is 10.4 Å². The monoisotopic (exact) mass is 522 g/mol. The van der Waals surface area contributed by atoms with Crippen LogP contribution in [0.4, 0.5) is 0 Å². The molecule has 0 aromatic heterocycles. The van der Waals surface area contributed by atoms with Crippen molar-refractivity contribution in [3.8, 4) is 0 Å². The fourth-order valence-electron chi connectivity index (χ4n) is 5.08. The number of aliphatic hydroxyl groups is 1. The molecule has 39 heavy (non-hydrogen) atoms. The van der Waals surface area contributed by atoms with E-state index in [1.807, 2.05) is 37.7 Å². The molecule has 0 saturated heterocycles. The number of fused-ring (bicyclic) bond motifs is 4. The van der Waals surface area contributed by atoms with Crippen molar-refractivity contribution in [1.82, 2.24) is 5.32 Å². The number of likely N-dealkylation sites (N-methyl/N-ethyl adjacent to an activating group) is 1. The second-order valence-electron chi connectivity index (χ2n) is 10.2. The SMILES string of the molecule is CCC(C)C=N/C=C(\C)[C@@]1(NC)c2ccc(C)c(c2)C/C=C(\C=C/C=CCO)C(=C/C=O)/c2cc1ccc2C. The third kappa shape index (κ3) is 6.70. The van der Waals surface area contributed by atoms with Crippen LogP contribution in [0.5, 0.6) is 0 Å². The van der Waals surface area contributed by atoms with Crippen LogP contribution >= 0.6 is 0 Å². The first-order valence-corrected chi connectivity index (χ1v) is 13.7. The smallest absolute Gasteiger partial charge is 0.143 e. The molecule has 0 fully saturated rings. The maximum Gasteiger partial charge on any atom is 0.143 e. The minimum atomic E-state index is -0.617. The molecule has 0 radical (unpaired) electrons. The molecule has 0 aliphatic heterocycles. The van der Waals surface area contributed by atoms with Crippen molar-refractivity contribution in [2.24, 2.45) is 10.9 Å². The molecular formula is C35H42N2O2. The standard InChI is InChI=1S/C35H42N2O2/c1-7-25(2)23-37-24-28(5)35(36-6)31-16-12-26(3)30(21-31)15-14-29(11-9-8-10-19-38)33(18-20-39)34-22-32(35)17-13-27(34)4/h8-14,16-18,20-25,36,38H,7,15,19H2,1-6H3/b10-8?,11-9-,28-24+,29-14+,33-18-,37-23?/t25?,35-/m1/s1. The lowest BCUT2D eigenvalue weighted by Gasteiger charge is -2.37. The number of hydrogen-bond donors (Lipinski definition) is 2. The van der Waals surface area contributed by atoms with E-state index in [4.69, 9.17) is 10.1 Å². The number of allylic oxidation sites excluding steroid dienone is 7. The lowest BCUT2D eigenvalue weighted by atomic mass is 9.75. The molecular weight excluding hydrogens is 480 g/mol. The predicted octanol–water partition coefficient (Wildman–Crippen LogP) is 6.96. The Labute approximate surface area is 234 Å². The van der Waals surface area contributed by atoms with E-state index in [9.17, 15) is 4.79 Å². The van der Waals surface area contributed by atoms with Gasteiger partial charge in [0.1, 0.15) is 6.29 Å². The third-order valence-electron chi connectivity index (χ3n) is 7.68. The van der Waals surface area contributed by atoms with Gasteiger partial charge in [0, 0.05) is 12.4 Å². The highest BCUT2D eigenvalue weighted by Crippen LogP contribution is 2.40. The molecule has 1 aliphatic carbocycles. The highest BCUT2D eigenvalue weighted by Gasteiger charge is 2.36. The number of aldehydes is 1. The normalized spacial score (nSPS) is 21.4. The van der Waals surface area contributed by atoms with Crippen molar-refractivity contribution in [1.29, 1.82) is 0 Å². The van der Waals surface area contributed by atoms with E-state index in [1.165, 1.54) is 11.1 Å². The molecule has 4 heteroatoms. The van der Waals surface area contributed by atoms with Gasteiger partial charge in [-0.25, -0.2) is 0 Å². The van der Waals surface area contributed by atoms with Crippen molar-refractivity contribution < 1.29 is 9.90 Å². The molecule has 4 nitrogen and oxygen atoms in total. The number of aliphatic imine (C=N–C) groups is 1. The largest absolute Gasteiger partial charge is 0.392 e. The van der Waals surface area contributed by atoms with Gasteiger partial charge >= 0.3 is 0 Å². The minimum Gasteiger partial charge on any atom is -0.392 e. The molecule has 0 amide bonds. The van der Waals surface area contributed by atoms with Gasteiger partial charge in [-0.15, -0.1) is 0 Å². The number of carbonyl (C=O) groups is 1. The molecule has 3 rings (SSSR count). The Bertz CT molecular complexity index is 1360. The predicted molar refractivity (Wildman–Crippen MR) is 165 cm³/mol.